The Morgan fingerprint density at radius 3 is 2.39 bits per heavy atom. The molecule has 8 heteroatoms. The molecule has 33 heavy (non-hydrogen) atoms. The summed E-state index contributed by atoms with van der Waals surface area (Å²) >= 11 is 0. The molecule has 3 rings (SSSR count). The van der Waals surface area contributed by atoms with Crippen molar-refractivity contribution in [2.24, 2.45) is 5.92 Å². The highest BCUT2D eigenvalue weighted by atomic mass is 16.7. The van der Waals surface area contributed by atoms with Gasteiger partial charge in [-0.3, -0.25) is 0 Å². The van der Waals surface area contributed by atoms with Gasteiger partial charge >= 0.3 is 18.1 Å². The van der Waals surface area contributed by atoms with E-state index in [2.05, 4.69) is 5.32 Å². The van der Waals surface area contributed by atoms with Crippen LogP contribution in [0.1, 0.15) is 49.5 Å². The summed E-state index contributed by atoms with van der Waals surface area (Å²) in [4.78, 5) is 36.8. The molecule has 1 aliphatic carbocycles. The fraction of sp³-hybridized carbons (Fsp3) is 0.400. The number of esters is 2. The van der Waals surface area contributed by atoms with E-state index in [9.17, 15) is 14.4 Å². The van der Waals surface area contributed by atoms with Gasteiger partial charge in [-0.2, -0.15) is 0 Å². The zero-order chi connectivity index (χ0) is 23.8. The molecule has 1 saturated carbocycles. The molecule has 0 unspecified atom stereocenters. The van der Waals surface area contributed by atoms with Crippen LogP contribution in [0.25, 0.3) is 0 Å². The largest absolute Gasteiger partial charge is 0.514 e. The molecule has 8 nitrogen and oxygen atoms in total. The Bertz CT molecular complexity index is 978. The molecule has 1 fully saturated rings. The van der Waals surface area contributed by atoms with Crippen LogP contribution in [0.5, 0.6) is 5.75 Å². The molecular weight excluding hydrogens is 426 g/mol. The van der Waals surface area contributed by atoms with Gasteiger partial charge in [0, 0.05) is 12.2 Å². The van der Waals surface area contributed by atoms with Crippen molar-refractivity contribution >= 4 is 23.8 Å². The SMILES string of the molecule is CC(C)(C)OC(=O)Oc1ccc(NCC2CC2)cc1C(=O)OCC(=O)OCc1ccccc1. The van der Waals surface area contributed by atoms with E-state index in [1.165, 1.54) is 25.0 Å². The Balaban J connectivity index is 1.63. The molecule has 2 aromatic carbocycles. The quantitative estimate of drug-likeness (QED) is 0.329. The zero-order valence-corrected chi connectivity index (χ0v) is 19.1. The lowest BCUT2D eigenvalue weighted by Gasteiger charge is -2.19. The molecule has 1 N–H and O–H groups in total. The summed E-state index contributed by atoms with van der Waals surface area (Å²) in [5.41, 5.74) is 0.737. The van der Waals surface area contributed by atoms with Gasteiger partial charge < -0.3 is 24.3 Å². The van der Waals surface area contributed by atoms with Gasteiger partial charge in [0.2, 0.25) is 0 Å². The molecule has 0 aliphatic heterocycles. The number of hydrogen-bond donors (Lipinski definition) is 1. The van der Waals surface area contributed by atoms with Crippen molar-refractivity contribution in [2.75, 3.05) is 18.5 Å². The van der Waals surface area contributed by atoms with E-state index in [-0.39, 0.29) is 17.9 Å². The minimum Gasteiger partial charge on any atom is -0.458 e. The van der Waals surface area contributed by atoms with E-state index >= 15 is 0 Å². The summed E-state index contributed by atoms with van der Waals surface area (Å²) in [6.45, 7) is 5.40. The van der Waals surface area contributed by atoms with Crippen LogP contribution < -0.4 is 10.1 Å². The fourth-order valence-electron chi connectivity index (χ4n) is 2.82. The van der Waals surface area contributed by atoms with Crippen LogP contribution in [-0.4, -0.2) is 36.8 Å². The highest BCUT2D eigenvalue weighted by molar-refractivity contribution is 5.95. The van der Waals surface area contributed by atoms with Crippen LogP contribution in [0.3, 0.4) is 0 Å². The fourth-order valence-corrected chi connectivity index (χ4v) is 2.82. The maximum absolute atomic E-state index is 12.7. The summed E-state index contributed by atoms with van der Waals surface area (Å²) in [7, 11) is 0. The second kappa shape index (κ2) is 10.8. The number of carbonyl (C=O) groups is 3. The van der Waals surface area contributed by atoms with E-state index in [0.29, 0.717) is 11.6 Å². The third kappa shape index (κ3) is 8.48. The second-order valence-corrected chi connectivity index (χ2v) is 8.82. The Morgan fingerprint density at radius 1 is 1.00 bits per heavy atom. The van der Waals surface area contributed by atoms with E-state index in [1.807, 2.05) is 30.3 Å². The second-order valence-electron chi connectivity index (χ2n) is 8.82. The molecule has 2 aromatic rings. The van der Waals surface area contributed by atoms with Crippen molar-refractivity contribution in [3.05, 3.63) is 59.7 Å². The van der Waals surface area contributed by atoms with Crippen molar-refractivity contribution in [1.82, 2.24) is 0 Å². The summed E-state index contributed by atoms with van der Waals surface area (Å²) in [5.74, 6) is -0.911. The first-order chi connectivity index (χ1) is 15.7. The van der Waals surface area contributed by atoms with Gasteiger partial charge in [0.15, 0.2) is 6.61 Å². The van der Waals surface area contributed by atoms with Crippen LogP contribution in [0.2, 0.25) is 0 Å². The first kappa shape index (κ1) is 24.1. The molecule has 0 spiro atoms. The van der Waals surface area contributed by atoms with Gasteiger partial charge in [-0.25, -0.2) is 14.4 Å². The molecule has 1 aliphatic rings. The predicted molar refractivity (Wildman–Crippen MR) is 121 cm³/mol. The van der Waals surface area contributed by atoms with Crippen LogP contribution in [0, 0.1) is 5.92 Å². The first-order valence-electron chi connectivity index (χ1n) is 10.8. The lowest BCUT2D eigenvalue weighted by atomic mass is 10.1. The number of hydrogen-bond acceptors (Lipinski definition) is 8. The average molecular weight is 456 g/mol. The third-order valence-corrected chi connectivity index (χ3v) is 4.64. The molecular formula is C25H29NO7. The molecule has 0 atom stereocenters. The smallest absolute Gasteiger partial charge is 0.458 e. The lowest BCUT2D eigenvalue weighted by molar-refractivity contribution is -0.148. The third-order valence-electron chi connectivity index (χ3n) is 4.64. The number of ether oxygens (including phenoxy) is 4. The summed E-state index contributed by atoms with van der Waals surface area (Å²) < 4.78 is 20.7. The first-order valence-corrected chi connectivity index (χ1v) is 10.8. The number of anilines is 1. The molecule has 0 heterocycles. The van der Waals surface area contributed by atoms with Crippen molar-refractivity contribution in [2.45, 2.75) is 45.8 Å². The van der Waals surface area contributed by atoms with E-state index in [4.69, 9.17) is 18.9 Å². The van der Waals surface area contributed by atoms with E-state index in [1.54, 1.807) is 26.8 Å². The van der Waals surface area contributed by atoms with Crippen molar-refractivity contribution in [1.29, 1.82) is 0 Å². The highest BCUT2D eigenvalue weighted by Crippen LogP contribution is 2.30. The molecule has 0 bridgehead atoms. The van der Waals surface area contributed by atoms with Crippen LogP contribution >= 0.6 is 0 Å². The lowest BCUT2D eigenvalue weighted by Crippen LogP contribution is -2.26. The van der Waals surface area contributed by atoms with Gasteiger partial charge in [0.25, 0.3) is 0 Å². The standard InChI is InChI=1S/C25H29NO7/c1-25(2,3)33-24(29)32-21-12-11-19(26-14-17-9-10-17)13-20(21)23(28)31-16-22(27)30-15-18-7-5-4-6-8-18/h4-8,11-13,17,26H,9-10,14-16H2,1-3H3. The van der Waals surface area contributed by atoms with Crippen molar-refractivity contribution < 1.29 is 33.3 Å². The van der Waals surface area contributed by atoms with E-state index in [0.717, 1.165) is 12.1 Å². The van der Waals surface area contributed by atoms with Crippen LogP contribution in [0.4, 0.5) is 10.5 Å². The van der Waals surface area contributed by atoms with Crippen molar-refractivity contribution in [3.63, 3.8) is 0 Å². The minimum atomic E-state index is -0.947. The average Bonchev–Trinajstić information content (AvgIpc) is 3.59. The van der Waals surface area contributed by atoms with Crippen LogP contribution in [-0.2, 0) is 25.6 Å². The molecule has 0 amide bonds. The Kier molecular flexibility index (Phi) is 7.92. The topological polar surface area (TPSA) is 100 Å². The Labute approximate surface area is 193 Å². The van der Waals surface area contributed by atoms with Gasteiger partial charge in [-0.05, 0) is 63.3 Å². The summed E-state index contributed by atoms with van der Waals surface area (Å²) in [6.07, 6.45) is 1.40. The molecule has 176 valence electrons. The normalized spacial score (nSPS) is 13.1. The minimum absolute atomic E-state index is 0.00230. The molecule has 0 radical (unpaired) electrons. The zero-order valence-electron chi connectivity index (χ0n) is 19.1. The van der Waals surface area contributed by atoms with Gasteiger partial charge in [-0.15, -0.1) is 0 Å². The molecule has 0 saturated heterocycles. The summed E-state index contributed by atoms with van der Waals surface area (Å²) in [6, 6.07) is 13.9. The van der Waals surface area contributed by atoms with Gasteiger partial charge in [0.05, 0.1) is 0 Å². The number of benzene rings is 2. The van der Waals surface area contributed by atoms with Gasteiger partial charge in [0.1, 0.15) is 23.5 Å². The highest BCUT2D eigenvalue weighted by Gasteiger charge is 2.24. The summed E-state index contributed by atoms with van der Waals surface area (Å²) in [5, 5.41) is 3.25. The van der Waals surface area contributed by atoms with Crippen LogP contribution in [0.15, 0.2) is 48.5 Å². The maximum Gasteiger partial charge on any atom is 0.514 e. The van der Waals surface area contributed by atoms with E-state index < -0.39 is 30.3 Å². The monoisotopic (exact) mass is 455 g/mol. The maximum atomic E-state index is 12.7. The van der Waals surface area contributed by atoms with Gasteiger partial charge in [-0.1, -0.05) is 30.3 Å². The number of nitrogens with one attached hydrogen (secondary N) is 1. The van der Waals surface area contributed by atoms with Crippen molar-refractivity contribution in [3.8, 4) is 5.75 Å². The Morgan fingerprint density at radius 2 is 1.73 bits per heavy atom. The Hall–Kier alpha value is -3.55. The predicted octanol–water partition coefficient (Wildman–Crippen LogP) is 4.72. The number of rotatable bonds is 9. The number of carbonyl (C=O) groups excluding carboxylic acids is 3. The molecule has 0 aromatic heterocycles.